The molecule has 0 saturated carbocycles. The van der Waals surface area contributed by atoms with Crippen LogP contribution in [0.25, 0.3) is 0 Å². The van der Waals surface area contributed by atoms with E-state index in [0.717, 1.165) is 5.56 Å². The van der Waals surface area contributed by atoms with Crippen molar-refractivity contribution in [1.82, 2.24) is 14.8 Å². The highest BCUT2D eigenvalue weighted by molar-refractivity contribution is 7.99. The molecular weight excluding hydrogens is 358 g/mol. The summed E-state index contributed by atoms with van der Waals surface area (Å²) >= 11 is 7.11. The van der Waals surface area contributed by atoms with Gasteiger partial charge in [-0.1, -0.05) is 53.7 Å². The van der Waals surface area contributed by atoms with Crippen molar-refractivity contribution in [2.45, 2.75) is 11.3 Å². The minimum Gasteiger partial charge on any atom is -0.380 e. The van der Waals surface area contributed by atoms with E-state index in [0.29, 0.717) is 21.6 Å². The number of benzene rings is 2. The molecule has 0 amide bonds. The second-order valence-corrected chi connectivity index (χ2v) is 6.81. The zero-order valence-corrected chi connectivity index (χ0v) is 15.0. The molecule has 0 aliphatic carbocycles. The van der Waals surface area contributed by atoms with E-state index in [4.69, 9.17) is 11.6 Å². The van der Waals surface area contributed by atoms with Crippen molar-refractivity contribution in [3.63, 3.8) is 0 Å². The van der Waals surface area contributed by atoms with Crippen LogP contribution >= 0.6 is 23.4 Å². The lowest BCUT2D eigenvalue weighted by Crippen LogP contribution is -2.08. The Morgan fingerprint density at radius 3 is 2.52 bits per heavy atom. The third-order valence-electron chi connectivity index (χ3n) is 3.73. The molecule has 1 atom stereocenters. The van der Waals surface area contributed by atoms with Gasteiger partial charge in [-0.05, 0) is 29.8 Å². The molecule has 2 aromatic carbocycles. The Kier molecular flexibility index (Phi) is 5.53. The van der Waals surface area contributed by atoms with Gasteiger partial charge >= 0.3 is 0 Å². The molecule has 25 heavy (non-hydrogen) atoms. The molecule has 0 spiro atoms. The summed E-state index contributed by atoms with van der Waals surface area (Å²) in [6, 6.07) is 16.0. The van der Waals surface area contributed by atoms with E-state index in [2.05, 4.69) is 10.2 Å². The predicted molar refractivity (Wildman–Crippen MR) is 98.0 cm³/mol. The fraction of sp³-hybridized carbons (Fsp3) is 0.167. The standard InChI is InChI=1S/C18H16ClN3O2S/c1-22-17(16(24)13-5-3-2-4-6-13)20-21-18(22)25-11-15(23)12-7-9-14(19)10-8-12/h2-10,16,24H,11H2,1H3/t16-/m1/s1. The number of thioether (sulfide) groups is 1. The number of carbonyl (C=O) groups is 1. The van der Waals surface area contributed by atoms with Crippen molar-refractivity contribution in [2.24, 2.45) is 7.05 Å². The molecular formula is C18H16ClN3O2S. The van der Waals surface area contributed by atoms with Gasteiger partial charge in [0.25, 0.3) is 0 Å². The second kappa shape index (κ2) is 7.82. The van der Waals surface area contributed by atoms with Crippen LogP contribution in [0, 0.1) is 0 Å². The van der Waals surface area contributed by atoms with Crippen molar-refractivity contribution in [1.29, 1.82) is 0 Å². The average molecular weight is 374 g/mol. The Labute approximate surface area is 154 Å². The molecule has 1 aromatic heterocycles. The van der Waals surface area contributed by atoms with E-state index >= 15 is 0 Å². The van der Waals surface area contributed by atoms with Crippen LogP contribution in [0.2, 0.25) is 5.02 Å². The number of rotatable bonds is 6. The van der Waals surface area contributed by atoms with Crippen LogP contribution < -0.4 is 0 Å². The molecule has 0 unspecified atom stereocenters. The summed E-state index contributed by atoms with van der Waals surface area (Å²) in [5.41, 5.74) is 1.34. The Morgan fingerprint density at radius 2 is 1.84 bits per heavy atom. The van der Waals surface area contributed by atoms with Gasteiger partial charge in [-0.3, -0.25) is 4.79 Å². The normalized spacial score (nSPS) is 12.1. The van der Waals surface area contributed by atoms with Crippen LogP contribution in [0.4, 0.5) is 0 Å². The van der Waals surface area contributed by atoms with Gasteiger partial charge in [0.1, 0.15) is 6.10 Å². The lowest BCUT2D eigenvalue weighted by atomic mass is 10.1. The van der Waals surface area contributed by atoms with E-state index in [1.807, 2.05) is 30.3 Å². The number of hydrogen-bond donors (Lipinski definition) is 1. The SMILES string of the molecule is Cn1c(SCC(=O)c2ccc(Cl)cc2)nnc1[C@H](O)c1ccccc1. The van der Waals surface area contributed by atoms with Crippen LogP contribution in [0.5, 0.6) is 0 Å². The van der Waals surface area contributed by atoms with Gasteiger partial charge in [0.2, 0.25) is 0 Å². The number of aromatic nitrogens is 3. The number of nitrogens with zero attached hydrogens (tertiary/aromatic N) is 3. The molecule has 0 aliphatic heterocycles. The molecule has 1 heterocycles. The van der Waals surface area contributed by atoms with Crippen molar-refractivity contribution in [3.05, 3.63) is 76.6 Å². The number of ketones is 1. The molecule has 0 bridgehead atoms. The fourth-order valence-corrected chi connectivity index (χ4v) is 3.26. The van der Waals surface area contributed by atoms with Gasteiger partial charge in [-0.25, -0.2) is 0 Å². The lowest BCUT2D eigenvalue weighted by molar-refractivity contribution is 0.102. The van der Waals surface area contributed by atoms with Gasteiger partial charge in [-0.2, -0.15) is 0 Å². The maximum atomic E-state index is 12.2. The molecule has 1 N–H and O–H groups in total. The average Bonchev–Trinajstić information content (AvgIpc) is 3.01. The van der Waals surface area contributed by atoms with Gasteiger partial charge in [0.05, 0.1) is 5.75 Å². The summed E-state index contributed by atoms with van der Waals surface area (Å²) in [6.07, 6.45) is -0.861. The van der Waals surface area contributed by atoms with Crippen LogP contribution in [0.15, 0.2) is 59.8 Å². The smallest absolute Gasteiger partial charge is 0.191 e. The third-order valence-corrected chi connectivity index (χ3v) is 5.00. The summed E-state index contributed by atoms with van der Waals surface area (Å²) in [5.74, 6) is 0.650. The first-order chi connectivity index (χ1) is 12.1. The lowest BCUT2D eigenvalue weighted by Gasteiger charge is -2.10. The Morgan fingerprint density at radius 1 is 1.16 bits per heavy atom. The minimum atomic E-state index is -0.861. The number of aliphatic hydroxyl groups is 1. The van der Waals surface area contributed by atoms with Crippen LogP contribution in [0.3, 0.4) is 0 Å². The molecule has 128 valence electrons. The second-order valence-electron chi connectivity index (χ2n) is 5.43. The minimum absolute atomic E-state index is 0.0187. The highest BCUT2D eigenvalue weighted by Crippen LogP contribution is 2.24. The molecule has 0 saturated heterocycles. The van der Waals surface area contributed by atoms with E-state index < -0.39 is 6.10 Å². The largest absolute Gasteiger partial charge is 0.380 e. The maximum Gasteiger partial charge on any atom is 0.191 e. The number of carbonyl (C=O) groups excluding carboxylic acids is 1. The molecule has 3 aromatic rings. The van der Waals surface area contributed by atoms with Gasteiger partial charge < -0.3 is 9.67 Å². The summed E-state index contributed by atoms with van der Waals surface area (Å²) in [6.45, 7) is 0. The predicted octanol–water partition coefficient (Wildman–Crippen LogP) is 3.53. The molecule has 0 radical (unpaired) electrons. The number of halogens is 1. The molecule has 0 fully saturated rings. The van der Waals surface area contributed by atoms with Crippen LogP contribution in [0.1, 0.15) is 27.8 Å². The molecule has 7 heteroatoms. The van der Waals surface area contributed by atoms with Gasteiger partial charge in [0.15, 0.2) is 16.8 Å². The monoisotopic (exact) mass is 373 g/mol. The van der Waals surface area contributed by atoms with Crippen molar-refractivity contribution >= 4 is 29.1 Å². The first-order valence-corrected chi connectivity index (χ1v) is 8.96. The number of hydrogen-bond acceptors (Lipinski definition) is 5. The zero-order valence-electron chi connectivity index (χ0n) is 13.5. The summed E-state index contributed by atoms with van der Waals surface area (Å²) < 4.78 is 1.71. The highest BCUT2D eigenvalue weighted by atomic mass is 35.5. The number of aliphatic hydroxyl groups excluding tert-OH is 1. The summed E-state index contributed by atoms with van der Waals surface area (Å²) in [7, 11) is 1.77. The Balaban J connectivity index is 1.69. The highest BCUT2D eigenvalue weighted by Gasteiger charge is 2.19. The summed E-state index contributed by atoms with van der Waals surface area (Å²) in [5, 5.41) is 19.8. The van der Waals surface area contributed by atoms with E-state index in [9.17, 15) is 9.90 Å². The van der Waals surface area contributed by atoms with Crippen LogP contribution in [-0.4, -0.2) is 31.4 Å². The van der Waals surface area contributed by atoms with E-state index in [1.165, 1.54) is 11.8 Å². The van der Waals surface area contributed by atoms with Gasteiger partial charge in [-0.15, -0.1) is 10.2 Å². The maximum absolute atomic E-state index is 12.2. The van der Waals surface area contributed by atoms with Crippen molar-refractivity contribution in [2.75, 3.05) is 5.75 Å². The van der Waals surface area contributed by atoms with Gasteiger partial charge in [0, 0.05) is 17.6 Å². The van der Waals surface area contributed by atoms with Crippen LogP contribution in [-0.2, 0) is 7.05 Å². The Hall–Kier alpha value is -2.15. The van der Waals surface area contributed by atoms with Crippen molar-refractivity contribution in [3.8, 4) is 0 Å². The third kappa shape index (κ3) is 4.10. The molecule has 0 aliphatic rings. The molecule has 3 rings (SSSR count). The summed E-state index contributed by atoms with van der Waals surface area (Å²) in [4.78, 5) is 12.2. The van der Waals surface area contributed by atoms with E-state index in [-0.39, 0.29) is 11.5 Å². The first kappa shape index (κ1) is 17.7. The number of Topliss-reactive ketones (excluding diaryl/α,β-unsaturated/α-hetero) is 1. The zero-order chi connectivity index (χ0) is 17.8. The molecule has 5 nitrogen and oxygen atoms in total. The fourth-order valence-electron chi connectivity index (χ4n) is 2.32. The topological polar surface area (TPSA) is 68.0 Å². The first-order valence-electron chi connectivity index (χ1n) is 7.60. The Bertz CT molecular complexity index is 866. The van der Waals surface area contributed by atoms with E-state index in [1.54, 1.807) is 35.9 Å². The van der Waals surface area contributed by atoms with Crippen molar-refractivity contribution < 1.29 is 9.90 Å². The quantitative estimate of drug-likeness (QED) is 0.529.